The fourth-order valence-electron chi connectivity index (χ4n) is 8.16. The van der Waals surface area contributed by atoms with E-state index in [1.165, 1.54) is 0 Å². The normalized spacial score (nSPS) is 20.0. The number of carbonyl (C=O) groups is 6. The lowest BCUT2D eigenvalue weighted by Crippen LogP contribution is -2.35. The highest BCUT2D eigenvalue weighted by Gasteiger charge is 2.37. The molecule has 0 saturated carbocycles. The van der Waals surface area contributed by atoms with Gasteiger partial charge in [0.2, 0.25) is 17.7 Å². The van der Waals surface area contributed by atoms with Crippen LogP contribution in [0.3, 0.4) is 0 Å². The second-order valence-electron chi connectivity index (χ2n) is 17.6. The fraction of sp³-hybridized carbons (Fsp3) is 0.312. The average molecular weight is 926 g/mol. The van der Waals surface area contributed by atoms with Gasteiger partial charge in [0.15, 0.2) is 34.4 Å². The van der Waals surface area contributed by atoms with Gasteiger partial charge >= 0.3 is 0 Å². The third-order valence-electron chi connectivity index (χ3n) is 11.8. The highest BCUT2D eigenvalue weighted by Crippen LogP contribution is 2.35. The maximum absolute atomic E-state index is 14.5. The minimum Gasteiger partial charge on any atom is -0.441 e. The molecular formula is C48H48N9O9P. The molecule has 0 radical (unpaired) electrons. The molecule has 4 aliphatic rings. The van der Waals surface area contributed by atoms with Crippen molar-refractivity contribution in [1.82, 2.24) is 46.9 Å². The summed E-state index contributed by atoms with van der Waals surface area (Å²) in [6, 6.07) is 18.3. The number of hydrogen-bond donors (Lipinski definition) is 6. The van der Waals surface area contributed by atoms with E-state index in [9.17, 15) is 28.8 Å². The molecule has 10 rings (SSSR count). The third kappa shape index (κ3) is 8.83. The van der Waals surface area contributed by atoms with Crippen LogP contribution in [0.1, 0.15) is 157 Å². The van der Waals surface area contributed by atoms with Gasteiger partial charge in [-0.3, -0.25) is 28.8 Å². The highest BCUT2D eigenvalue weighted by atomic mass is 31.1. The van der Waals surface area contributed by atoms with Crippen molar-refractivity contribution in [3.05, 3.63) is 142 Å². The molecule has 0 fully saturated rings. The lowest BCUT2D eigenvalue weighted by atomic mass is 10.0. The molecule has 0 spiro atoms. The van der Waals surface area contributed by atoms with E-state index in [0.29, 0.717) is 16.7 Å². The maximum atomic E-state index is 14.5. The Morgan fingerprint density at radius 3 is 1.00 bits per heavy atom. The molecule has 16 bridgehead atoms. The van der Waals surface area contributed by atoms with E-state index in [4.69, 9.17) is 13.3 Å². The Kier molecular flexibility index (Phi) is 12.1. The van der Waals surface area contributed by atoms with Gasteiger partial charge in [-0.1, -0.05) is 77.9 Å². The second-order valence-corrected chi connectivity index (χ2v) is 19.8. The van der Waals surface area contributed by atoms with Crippen molar-refractivity contribution in [3.63, 3.8) is 0 Å². The Hall–Kier alpha value is -7.46. The monoisotopic (exact) mass is 925 g/mol. The molecule has 19 heteroatoms. The zero-order valence-corrected chi connectivity index (χ0v) is 38.4. The SMILES string of the molecule is CC(C)[C@@H]1NC(=O)c2nc3oc2CNC(=O)c2cccc(c2)P2c4cccc(c4)C(=O)NCc4oc1nc4C(=O)N[C@@H](C(C)C)c1nc(c(o1)CNC(=O)c1cccc2c1)C(=O)N[C@H]3C(C)C. The van der Waals surface area contributed by atoms with Crippen LogP contribution in [0.4, 0.5) is 0 Å². The van der Waals surface area contributed by atoms with Crippen LogP contribution in [0, 0.1) is 17.8 Å². The molecule has 6 aromatic rings. The van der Waals surface area contributed by atoms with Crippen molar-refractivity contribution in [1.29, 1.82) is 0 Å². The van der Waals surface area contributed by atoms with Crippen LogP contribution in [-0.2, 0) is 19.6 Å². The third-order valence-corrected chi connectivity index (χ3v) is 14.2. The summed E-state index contributed by atoms with van der Waals surface area (Å²) < 4.78 is 19.0. The summed E-state index contributed by atoms with van der Waals surface area (Å²) in [6.07, 6.45) is 0. The number of amides is 6. The number of hydrogen-bond acceptors (Lipinski definition) is 12. The van der Waals surface area contributed by atoms with E-state index in [2.05, 4.69) is 46.9 Å². The summed E-state index contributed by atoms with van der Waals surface area (Å²) in [7, 11) is -1.55. The zero-order valence-electron chi connectivity index (χ0n) is 37.5. The van der Waals surface area contributed by atoms with Gasteiger partial charge in [0.05, 0.1) is 19.6 Å². The number of fused-ring (bicyclic) bond motifs is 12. The molecule has 7 heterocycles. The predicted molar refractivity (Wildman–Crippen MR) is 243 cm³/mol. The number of nitrogens with one attached hydrogen (secondary N) is 6. The minimum atomic E-state index is -1.55. The van der Waals surface area contributed by atoms with Crippen LogP contribution >= 0.6 is 7.92 Å². The number of rotatable bonds is 3. The average Bonchev–Trinajstić information content (AvgIpc) is 4.06. The first kappa shape index (κ1) is 44.7. The second kappa shape index (κ2) is 18.1. The van der Waals surface area contributed by atoms with E-state index < -0.39 is 61.5 Å². The summed E-state index contributed by atoms with van der Waals surface area (Å²) in [5.41, 5.74) is 0.319. The van der Waals surface area contributed by atoms with Crippen molar-refractivity contribution in [2.75, 3.05) is 0 Å². The first-order valence-electron chi connectivity index (χ1n) is 22.0. The summed E-state index contributed by atoms with van der Waals surface area (Å²) in [5, 5.41) is 19.7. The van der Waals surface area contributed by atoms with Crippen LogP contribution in [0.15, 0.2) is 86.0 Å². The van der Waals surface area contributed by atoms with E-state index >= 15 is 0 Å². The van der Waals surface area contributed by atoms with Crippen molar-refractivity contribution in [2.24, 2.45) is 17.8 Å². The molecule has 0 aliphatic carbocycles. The van der Waals surface area contributed by atoms with E-state index in [1.807, 2.05) is 59.7 Å². The largest absolute Gasteiger partial charge is 0.441 e. The molecule has 67 heavy (non-hydrogen) atoms. The highest BCUT2D eigenvalue weighted by molar-refractivity contribution is 7.79. The molecule has 3 aromatic heterocycles. The Morgan fingerprint density at radius 2 is 0.731 bits per heavy atom. The number of carbonyl (C=O) groups excluding carboxylic acids is 6. The van der Waals surface area contributed by atoms with E-state index in [0.717, 1.165) is 15.9 Å². The standard InChI is InChI=1S/C48H48N9O9P/c1-22(2)34-46-55-38-31(64-46)19-49-40(58)25-10-7-13-28(16-25)67-29-14-8-11-26(17-29)41(59)50-20-32-37(43(61)52-34)56-47(65-32)35(23(3)4)54-45(63)39-33(21-51-42(60)27-12-9-15-30(67)18-27)66-48(57-39)36(24(5)6)53-44(38)62/h7-18,22-24,34-36H,19-21H2,1-6H3,(H,49,58)(H,50,59)(H,51,60)(H,52,61)(H,53,62)(H,54,63)/t34-,35-,36-,67?/m0/s1. The lowest BCUT2D eigenvalue weighted by Gasteiger charge is -2.21. The van der Waals surface area contributed by atoms with Gasteiger partial charge < -0.3 is 45.2 Å². The maximum Gasteiger partial charge on any atom is 0.274 e. The summed E-state index contributed by atoms with van der Waals surface area (Å²) in [6.45, 7) is 10.1. The van der Waals surface area contributed by atoms with Crippen LogP contribution in [0.5, 0.6) is 0 Å². The first-order chi connectivity index (χ1) is 32.1. The van der Waals surface area contributed by atoms with E-state index in [-0.39, 0.29) is 89.4 Å². The van der Waals surface area contributed by atoms with Gasteiger partial charge in [0.25, 0.3) is 35.4 Å². The predicted octanol–water partition coefficient (Wildman–Crippen LogP) is 4.52. The molecule has 18 nitrogen and oxygen atoms in total. The Labute approximate surface area is 385 Å². The number of aromatic nitrogens is 3. The Bertz CT molecular complexity index is 2660. The lowest BCUT2D eigenvalue weighted by molar-refractivity contribution is 0.0899. The molecule has 0 saturated heterocycles. The topological polar surface area (TPSA) is 253 Å². The quantitative estimate of drug-likeness (QED) is 0.134. The van der Waals surface area contributed by atoms with Crippen LogP contribution < -0.4 is 47.8 Å². The zero-order chi connectivity index (χ0) is 47.3. The molecule has 6 N–H and O–H groups in total. The van der Waals surface area contributed by atoms with Crippen molar-refractivity contribution in [3.8, 4) is 0 Å². The number of benzene rings is 3. The molecule has 0 unspecified atom stereocenters. The number of nitrogens with zero attached hydrogens (tertiary/aromatic N) is 3. The molecule has 3 atom stereocenters. The first-order valence-corrected chi connectivity index (χ1v) is 23.3. The van der Waals surface area contributed by atoms with Crippen molar-refractivity contribution < 1.29 is 42.0 Å². The van der Waals surface area contributed by atoms with Crippen molar-refractivity contribution in [2.45, 2.75) is 79.3 Å². The van der Waals surface area contributed by atoms with Gasteiger partial charge in [-0.15, -0.1) is 0 Å². The van der Waals surface area contributed by atoms with Crippen molar-refractivity contribution >= 4 is 59.3 Å². The van der Waals surface area contributed by atoms with Gasteiger partial charge in [0.1, 0.15) is 18.1 Å². The van der Waals surface area contributed by atoms with Crippen LogP contribution in [-0.4, -0.2) is 50.4 Å². The van der Waals surface area contributed by atoms with Gasteiger partial charge in [-0.2, -0.15) is 0 Å². The Balaban J connectivity index is 1.33. The molecule has 3 aromatic carbocycles. The summed E-state index contributed by atoms with van der Waals surface area (Å²) in [4.78, 5) is 100. The minimum absolute atomic E-state index is 0.00670. The molecule has 4 aliphatic heterocycles. The van der Waals surface area contributed by atoms with Gasteiger partial charge in [0, 0.05) is 16.7 Å². The van der Waals surface area contributed by atoms with Gasteiger partial charge in [-0.25, -0.2) is 15.0 Å². The Morgan fingerprint density at radius 1 is 0.448 bits per heavy atom. The summed E-state index contributed by atoms with van der Waals surface area (Å²) in [5.74, 6) is -4.90. The molecule has 6 amide bonds. The van der Waals surface area contributed by atoms with Crippen LogP contribution in [0.2, 0.25) is 0 Å². The molecular weight excluding hydrogens is 878 g/mol. The molecule has 344 valence electrons. The van der Waals surface area contributed by atoms with E-state index in [1.54, 1.807) is 54.6 Å². The fourth-order valence-corrected chi connectivity index (χ4v) is 10.6. The number of oxazole rings is 3. The smallest absolute Gasteiger partial charge is 0.274 e. The summed E-state index contributed by atoms with van der Waals surface area (Å²) >= 11 is 0. The van der Waals surface area contributed by atoms with Crippen LogP contribution in [0.25, 0.3) is 0 Å². The van der Waals surface area contributed by atoms with Gasteiger partial charge in [-0.05, 0) is 78.0 Å².